The summed E-state index contributed by atoms with van der Waals surface area (Å²) in [7, 11) is 1.82. The second-order valence-electron chi connectivity index (χ2n) is 5.30. The van der Waals surface area contributed by atoms with Crippen LogP contribution in [0, 0.1) is 0 Å². The first-order valence-electron chi connectivity index (χ1n) is 7.24. The highest BCUT2D eigenvalue weighted by Gasteiger charge is 2.11. The maximum Gasteiger partial charge on any atom is 0.221 e. The minimum Gasteiger partial charge on any atom is -0.494 e. The number of benzene rings is 2. The van der Waals surface area contributed by atoms with Crippen molar-refractivity contribution in [3.63, 3.8) is 0 Å². The Kier molecular flexibility index (Phi) is 3.85. The van der Waals surface area contributed by atoms with Gasteiger partial charge in [0.15, 0.2) is 0 Å². The van der Waals surface area contributed by atoms with E-state index in [0.717, 1.165) is 22.3 Å². The molecule has 1 aromatic heterocycles. The summed E-state index contributed by atoms with van der Waals surface area (Å²) in [6.07, 6.45) is 1.66. The van der Waals surface area contributed by atoms with Crippen LogP contribution in [-0.4, -0.2) is 21.8 Å². The van der Waals surface area contributed by atoms with Crippen molar-refractivity contribution in [3.8, 4) is 5.88 Å². The van der Waals surface area contributed by atoms with Crippen LogP contribution in [0.3, 0.4) is 0 Å². The fourth-order valence-corrected chi connectivity index (χ4v) is 2.51. The number of aryl methyl sites for hydroxylation is 1. The molecule has 0 aliphatic rings. The van der Waals surface area contributed by atoms with Crippen LogP contribution in [0.15, 0.2) is 53.5 Å². The van der Waals surface area contributed by atoms with Crippen LogP contribution in [0.2, 0.25) is 0 Å². The molecule has 1 heterocycles. The number of aliphatic imine (C=N–C) groups is 1. The van der Waals surface area contributed by atoms with Crippen molar-refractivity contribution >= 4 is 34.4 Å². The normalized spacial score (nSPS) is 11.2. The third-order valence-corrected chi connectivity index (χ3v) is 3.64. The number of hydrogen-bond acceptors (Lipinski definition) is 3. The minimum atomic E-state index is -0.109. The molecular formula is C18H17N3O2. The van der Waals surface area contributed by atoms with Gasteiger partial charge in [-0.1, -0.05) is 18.2 Å². The van der Waals surface area contributed by atoms with Crippen LogP contribution in [0.4, 0.5) is 11.4 Å². The number of carbonyl (C=O) groups excluding carboxylic acids is 1. The van der Waals surface area contributed by atoms with Gasteiger partial charge in [-0.05, 0) is 30.3 Å². The molecule has 0 spiro atoms. The first kappa shape index (κ1) is 14.8. The van der Waals surface area contributed by atoms with Crippen LogP contribution in [0.1, 0.15) is 12.5 Å². The molecule has 3 aromatic rings. The lowest BCUT2D eigenvalue weighted by atomic mass is 10.2. The van der Waals surface area contributed by atoms with Crippen LogP contribution in [0.25, 0.3) is 10.9 Å². The van der Waals surface area contributed by atoms with Crippen molar-refractivity contribution in [1.82, 2.24) is 4.57 Å². The number of fused-ring (bicyclic) bond motifs is 1. The number of nitrogens with one attached hydrogen (secondary N) is 1. The van der Waals surface area contributed by atoms with Gasteiger partial charge < -0.3 is 15.0 Å². The summed E-state index contributed by atoms with van der Waals surface area (Å²) in [4.78, 5) is 15.4. The fourth-order valence-electron chi connectivity index (χ4n) is 2.51. The van der Waals surface area contributed by atoms with E-state index in [1.54, 1.807) is 22.9 Å². The van der Waals surface area contributed by atoms with Gasteiger partial charge in [0.1, 0.15) is 0 Å². The Bertz CT molecular complexity index is 893. The Balaban J connectivity index is 1.91. The first-order chi connectivity index (χ1) is 11.1. The monoisotopic (exact) mass is 307 g/mol. The number of aromatic hydroxyl groups is 1. The van der Waals surface area contributed by atoms with E-state index in [0.29, 0.717) is 5.56 Å². The van der Waals surface area contributed by atoms with Crippen molar-refractivity contribution in [2.24, 2.45) is 12.0 Å². The van der Waals surface area contributed by atoms with E-state index < -0.39 is 0 Å². The summed E-state index contributed by atoms with van der Waals surface area (Å²) in [6.45, 7) is 1.47. The van der Waals surface area contributed by atoms with E-state index in [2.05, 4.69) is 10.3 Å². The largest absolute Gasteiger partial charge is 0.494 e. The molecule has 1 amide bonds. The Morgan fingerprint density at radius 1 is 1.17 bits per heavy atom. The number of hydrogen-bond donors (Lipinski definition) is 2. The lowest BCUT2D eigenvalue weighted by Gasteiger charge is -2.01. The molecule has 5 heteroatoms. The Morgan fingerprint density at radius 3 is 2.57 bits per heavy atom. The zero-order valence-electron chi connectivity index (χ0n) is 12.9. The molecule has 3 rings (SSSR count). The number of rotatable bonds is 3. The molecule has 23 heavy (non-hydrogen) atoms. The summed E-state index contributed by atoms with van der Waals surface area (Å²) < 4.78 is 1.73. The average molecular weight is 307 g/mol. The van der Waals surface area contributed by atoms with Crippen LogP contribution < -0.4 is 5.32 Å². The molecule has 0 saturated heterocycles. The van der Waals surface area contributed by atoms with E-state index in [4.69, 9.17) is 0 Å². The zero-order chi connectivity index (χ0) is 16.4. The van der Waals surface area contributed by atoms with Gasteiger partial charge in [0.25, 0.3) is 0 Å². The predicted molar refractivity (Wildman–Crippen MR) is 92.6 cm³/mol. The van der Waals surface area contributed by atoms with Crippen molar-refractivity contribution < 1.29 is 9.90 Å². The van der Waals surface area contributed by atoms with E-state index in [1.807, 2.05) is 43.4 Å². The molecule has 5 nitrogen and oxygen atoms in total. The second-order valence-corrected chi connectivity index (χ2v) is 5.30. The number of amides is 1. The Morgan fingerprint density at radius 2 is 1.87 bits per heavy atom. The fraction of sp³-hybridized carbons (Fsp3) is 0.111. The number of aromatic nitrogens is 1. The molecule has 0 aliphatic carbocycles. The van der Waals surface area contributed by atoms with Gasteiger partial charge in [0.05, 0.1) is 16.8 Å². The van der Waals surface area contributed by atoms with Crippen LogP contribution in [-0.2, 0) is 11.8 Å². The van der Waals surface area contributed by atoms with Gasteiger partial charge in [-0.25, -0.2) is 0 Å². The topological polar surface area (TPSA) is 66.6 Å². The number of carbonyl (C=O) groups is 1. The summed E-state index contributed by atoms with van der Waals surface area (Å²) in [6, 6.07) is 15.0. The summed E-state index contributed by atoms with van der Waals surface area (Å²) in [5, 5.41) is 13.9. The second kappa shape index (κ2) is 5.96. The van der Waals surface area contributed by atoms with Crippen LogP contribution >= 0.6 is 0 Å². The summed E-state index contributed by atoms with van der Waals surface area (Å²) in [5.41, 5.74) is 3.11. The third-order valence-electron chi connectivity index (χ3n) is 3.64. The quantitative estimate of drug-likeness (QED) is 0.726. The zero-order valence-corrected chi connectivity index (χ0v) is 12.9. The van der Waals surface area contributed by atoms with Gasteiger partial charge in [-0.2, -0.15) is 0 Å². The van der Waals surface area contributed by atoms with Gasteiger partial charge in [0, 0.05) is 31.3 Å². The molecular weight excluding hydrogens is 290 g/mol. The molecule has 0 fully saturated rings. The van der Waals surface area contributed by atoms with Gasteiger partial charge >= 0.3 is 0 Å². The molecule has 0 saturated carbocycles. The SMILES string of the molecule is CC(=O)Nc1ccc(N=Cc2c(O)n(C)c3ccccc23)cc1. The molecule has 0 bridgehead atoms. The van der Waals surface area contributed by atoms with Gasteiger partial charge in [0.2, 0.25) is 11.8 Å². The summed E-state index contributed by atoms with van der Waals surface area (Å²) in [5.74, 6) is 0.0757. The van der Waals surface area contributed by atoms with E-state index >= 15 is 0 Å². The molecule has 2 N–H and O–H groups in total. The minimum absolute atomic E-state index is 0.109. The highest BCUT2D eigenvalue weighted by Crippen LogP contribution is 2.29. The third kappa shape index (κ3) is 2.94. The standard InChI is InChI=1S/C18H17N3O2/c1-12(22)20-14-9-7-13(8-10-14)19-11-16-15-5-3-4-6-17(15)21(2)18(16)23/h3-11,23H,1-2H3,(H,20,22). The summed E-state index contributed by atoms with van der Waals surface area (Å²) >= 11 is 0. The molecule has 0 aliphatic heterocycles. The lowest BCUT2D eigenvalue weighted by molar-refractivity contribution is -0.114. The van der Waals surface area contributed by atoms with E-state index in [1.165, 1.54) is 6.92 Å². The molecule has 2 aromatic carbocycles. The Labute approximate surface area is 133 Å². The first-order valence-corrected chi connectivity index (χ1v) is 7.24. The van der Waals surface area contributed by atoms with Crippen molar-refractivity contribution in [2.75, 3.05) is 5.32 Å². The maximum atomic E-state index is 11.0. The van der Waals surface area contributed by atoms with E-state index in [-0.39, 0.29) is 11.8 Å². The lowest BCUT2D eigenvalue weighted by Crippen LogP contribution is -2.04. The maximum absolute atomic E-state index is 11.0. The number of nitrogens with zero attached hydrogens (tertiary/aromatic N) is 2. The van der Waals surface area contributed by atoms with Crippen molar-refractivity contribution in [2.45, 2.75) is 6.92 Å². The van der Waals surface area contributed by atoms with Crippen molar-refractivity contribution in [3.05, 3.63) is 54.1 Å². The highest BCUT2D eigenvalue weighted by molar-refractivity contribution is 6.03. The molecule has 0 unspecified atom stereocenters. The van der Waals surface area contributed by atoms with E-state index in [9.17, 15) is 9.90 Å². The average Bonchev–Trinajstić information content (AvgIpc) is 2.78. The molecule has 0 radical (unpaired) electrons. The number of para-hydroxylation sites is 1. The van der Waals surface area contributed by atoms with Crippen molar-refractivity contribution in [1.29, 1.82) is 0 Å². The molecule has 116 valence electrons. The molecule has 0 atom stereocenters. The van der Waals surface area contributed by atoms with Gasteiger partial charge in [-0.15, -0.1) is 0 Å². The van der Waals surface area contributed by atoms with Gasteiger partial charge in [-0.3, -0.25) is 9.79 Å². The smallest absolute Gasteiger partial charge is 0.221 e. The Hall–Kier alpha value is -3.08. The predicted octanol–water partition coefficient (Wildman–Crippen LogP) is 3.59. The number of anilines is 1. The van der Waals surface area contributed by atoms with Crippen LogP contribution in [0.5, 0.6) is 5.88 Å². The highest BCUT2D eigenvalue weighted by atomic mass is 16.3.